The van der Waals surface area contributed by atoms with Crippen molar-refractivity contribution in [2.75, 3.05) is 0 Å². The molecular weight excluding hydrogens is 287 g/mol. The minimum atomic E-state index is -4.92. The van der Waals surface area contributed by atoms with E-state index >= 15 is 0 Å². The van der Waals surface area contributed by atoms with E-state index in [0.29, 0.717) is 0 Å². The minimum Gasteiger partial charge on any atom is -1.00 e. The van der Waals surface area contributed by atoms with Gasteiger partial charge in [0.1, 0.15) is 4.90 Å². The van der Waals surface area contributed by atoms with Gasteiger partial charge in [0.15, 0.2) is 0 Å². The largest absolute Gasteiger partial charge is 1.00 e. The van der Waals surface area contributed by atoms with Crippen LogP contribution in [0.1, 0.15) is 22.1 Å². The normalized spacial score (nSPS) is 9.53. The van der Waals surface area contributed by atoms with E-state index in [1.54, 1.807) is 0 Å². The first-order valence-electron chi connectivity index (χ1n) is 4.32. The van der Waals surface area contributed by atoms with Crippen LogP contribution in [0.25, 0.3) is 0 Å². The van der Waals surface area contributed by atoms with Crippen molar-refractivity contribution in [3.05, 3.63) is 42.5 Å². The average molecular weight is 298 g/mol. The van der Waals surface area contributed by atoms with Crippen LogP contribution in [-0.4, -0.2) is 35.1 Å². The molecule has 0 radical (unpaired) electrons. The Bertz CT molecular complexity index is 553. The smallest absolute Gasteiger partial charge is 1.00 e. The Balaban J connectivity index is -0.000000689. The summed E-state index contributed by atoms with van der Waals surface area (Å²) in [5.74, 6) is -3.29. The van der Waals surface area contributed by atoms with Crippen LogP contribution in [0.4, 0.5) is 0 Å². The molecule has 3 N–H and O–H groups in total. The summed E-state index contributed by atoms with van der Waals surface area (Å²) in [4.78, 5) is 20.2. The van der Waals surface area contributed by atoms with Gasteiger partial charge in [-0.15, -0.1) is 13.2 Å². The molecule has 0 saturated heterocycles. The number of aromatic carboxylic acids is 2. The fraction of sp³-hybridized carbons (Fsp3) is 0. The molecule has 1 aromatic rings. The molecule has 100 valence electrons. The molecule has 0 heterocycles. The maximum atomic E-state index is 10.9. The summed E-state index contributed by atoms with van der Waals surface area (Å²) in [5.41, 5.74) is -1.58. The molecular formula is C10H11NaO7S. The topological polar surface area (TPSA) is 129 Å². The van der Waals surface area contributed by atoms with E-state index in [-0.39, 0.29) is 31.0 Å². The summed E-state index contributed by atoms with van der Waals surface area (Å²) in [7, 11) is -4.92. The van der Waals surface area contributed by atoms with Crippen LogP contribution in [-0.2, 0) is 10.1 Å². The summed E-state index contributed by atoms with van der Waals surface area (Å²) >= 11 is 0. The van der Waals surface area contributed by atoms with Crippen molar-refractivity contribution in [3.63, 3.8) is 0 Å². The molecule has 0 aromatic heterocycles. The number of carboxylic acids is 2. The van der Waals surface area contributed by atoms with Crippen molar-refractivity contribution in [3.8, 4) is 0 Å². The fourth-order valence-corrected chi connectivity index (χ4v) is 2.02. The van der Waals surface area contributed by atoms with Crippen molar-refractivity contribution in [2.24, 2.45) is 0 Å². The Morgan fingerprint density at radius 1 is 1.05 bits per heavy atom. The number of hydrogen-bond donors (Lipinski definition) is 3. The molecule has 1 rings (SSSR count). The van der Waals surface area contributed by atoms with Gasteiger partial charge < -0.3 is 11.6 Å². The van der Waals surface area contributed by atoms with Gasteiger partial charge in [0, 0.05) is 0 Å². The van der Waals surface area contributed by atoms with Crippen molar-refractivity contribution in [1.82, 2.24) is 0 Å². The van der Waals surface area contributed by atoms with Gasteiger partial charge in [-0.1, -0.05) is 6.07 Å². The molecule has 0 aliphatic rings. The van der Waals surface area contributed by atoms with Gasteiger partial charge >= 0.3 is 41.5 Å². The predicted octanol–water partition coefficient (Wildman–Crippen LogP) is -1.75. The van der Waals surface area contributed by atoms with Crippen LogP contribution >= 0.6 is 0 Å². The molecule has 0 bridgehead atoms. The maximum absolute atomic E-state index is 10.9. The minimum absolute atomic E-state index is 0. The Morgan fingerprint density at radius 2 is 1.37 bits per heavy atom. The Hall–Kier alpha value is -1.19. The molecule has 0 spiro atoms. The first-order valence-corrected chi connectivity index (χ1v) is 5.76. The molecule has 19 heavy (non-hydrogen) atoms. The Morgan fingerprint density at radius 3 is 1.58 bits per heavy atom. The molecule has 0 aliphatic carbocycles. The number of rotatable bonds is 3. The van der Waals surface area contributed by atoms with Gasteiger partial charge in [-0.3, -0.25) is 4.55 Å². The molecule has 0 fully saturated rings. The first-order chi connectivity index (χ1) is 8.25. The second-order valence-corrected chi connectivity index (χ2v) is 4.13. The fourth-order valence-electron chi connectivity index (χ4n) is 1.15. The summed E-state index contributed by atoms with van der Waals surface area (Å²) in [5, 5.41) is 17.3. The van der Waals surface area contributed by atoms with Gasteiger partial charge in [0.05, 0.1) is 11.1 Å². The number of hydrogen-bond acceptors (Lipinski definition) is 4. The van der Waals surface area contributed by atoms with E-state index < -0.39 is 38.1 Å². The summed E-state index contributed by atoms with van der Waals surface area (Å²) in [6.07, 6.45) is 0. The van der Waals surface area contributed by atoms with Crippen molar-refractivity contribution in [1.29, 1.82) is 0 Å². The number of benzene rings is 1. The summed E-state index contributed by atoms with van der Waals surface area (Å²) in [6.45, 7) is 6.00. The zero-order chi connectivity index (χ0) is 14.5. The monoisotopic (exact) mass is 298 g/mol. The van der Waals surface area contributed by atoms with Crippen LogP contribution in [0.5, 0.6) is 0 Å². The third-order valence-corrected chi connectivity index (χ3v) is 2.69. The first kappa shape index (κ1) is 20.1. The molecule has 0 atom stereocenters. The van der Waals surface area contributed by atoms with Crippen LogP contribution in [0.3, 0.4) is 0 Å². The maximum Gasteiger partial charge on any atom is 1.00 e. The SMILES string of the molecule is C=C.O=C(O)c1cccc(C(=O)O)c1S(=O)(=O)O.[H-].[Na+]. The van der Waals surface area contributed by atoms with Gasteiger partial charge in [-0.05, 0) is 12.1 Å². The Kier molecular flexibility index (Phi) is 8.56. The molecule has 0 saturated carbocycles. The van der Waals surface area contributed by atoms with Crippen molar-refractivity contribution in [2.45, 2.75) is 4.90 Å². The van der Waals surface area contributed by atoms with E-state index in [0.717, 1.165) is 18.2 Å². The van der Waals surface area contributed by atoms with Gasteiger partial charge in [0.25, 0.3) is 10.1 Å². The van der Waals surface area contributed by atoms with Crippen molar-refractivity contribution >= 4 is 22.1 Å². The number of carboxylic acid groups (broad SMARTS) is 2. The molecule has 0 amide bonds. The molecule has 7 nitrogen and oxygen atoms in total. The van der Waals surface area contributed by atoms with Gasteiger partial charge in [0.2, 0.25) is 0 Å². The van der Waals surface area contributed by atoms with E-state index in [1.807, 2.05) is 0 Å². The van der Waals surface area contributed by atoms with E-state index in [1.165, 1.54) is 0 Å². The third kappa shape index (κ3) is 5.13. The summed E-state index contributed by atoms with van der Waals surface area (Å²) < 4.78 is 30.6. The van der Waals surface area contributed by atoms with E-state index in [2.05, 4.69) is 13.2 Å². The molecule has 0 aliphatic heterocycles. The van der Waals surface area contributed by atoms with Crippen LogP contribution in [0, 0.1) is 0 Å². The van der Waals surface area contributed by atoms with Crippen LogP contribution in [0.15, 0.2) is 36.3 Å². The summed E-state index contributed by atoms with van der Waals surface area (Å²) in [6, 6.07) is 2.84. The van der Waals surface area contributed by atoms with Crippen LogP contribution in [0.2, 0.25) is 0 Å². The third-order valence-electron chi connectivity index (χ3n) is 1.73. The van der Waals surface area contributed by atoms with Crippen molar-refractivity contribution < 1.29 is 63.8 Å². The van der Waals surface area contributed by atoms with E-state index in [4.69, 9.17) is 14.8 Å². The molecule has 1 aromatic carbocycles. The number of carbonyl (C=O) groups is 2. The zero-order valence-electron chi connectivity index (χ0n) is 11.0. The van der Waals surface area contributed by atoms with Gasteiger partial charge in [-0.25, -0.2) is 9.59 Å². The second kappa shape index (κ2) is 8.08. The second-order valence-electron chi connectivity index (χ2n) is 2.77. The molecule has 9 heteroatoms. The molecule has 0 unspecified atom stereocenters. The quantitative estimate of drug-likeness (QED) is 0.343. The predicted molar refractivity (Wildman–Crippen MR) is 62.5 cm³/mol. The average Bonchev–Trinajstić information content (AvgIpc) is 2.29. The Labute approximate surface area is 133 Å². The van der Waals surface area contributed by atoms with Crippen LogP contribution < -0.4 is 29.6 Å². The zero-order valence-corrected chi connectivity index (χ0v) is 12.8. The van der Waals surface area contributed by atoms with E-state index in [9.17, 15) is 18.0 Å². The standard InChI is InChI=1S/C8H6O7S.C2H4.Na.H/c9-7(10)4-2-1-3-5(8(11)12)6(4)16(13,14)15;1-2;;/h1-3H,(H,9,10)(H,11,12)(H,13,14,15);1-2H2;;/q;;+1;-1. The van der Waals surface area contributed by atoms with Gasteiger partial charge in [-0.2, -0.15) is 8.42 Å².